The van der Waals surface area contributed by atoms with Crippen molar-refractivity contribution in [3.63, 3.8) is 0 Å². The maximum absolute atomic E-state index is 12.6. The van der Waals surface area contributed by atoms with Crippen molar-refractivity contribution in [2.24, 2.45) is 0 Å². The average Bonchev–Trinajstić information content (AvgIpc) is 3.41. The topological polar surface area (TPSA) is 77.7 Å². The molecule has 7 nitrogen and oxygen atoms in total. The van der Waals surface area contributed by atoms with Crippen molar-refractivity contribution in [2.45, 2.75) is 39.2 Å². The molecule has 2 aromatic carbocycles. The molecule has 4 rings (SSSR count). The summed E-state index contributed by atoms with van der Waals surface area (Å²) in [7, 11) is 0. The Morgan fingerprint density at radius 3 is 2.68 bits per heavy atom. The van der Waals surface area contributed by atoms with Crippen molar-refractivity contribution in [2.75, 3.05) is 19.8 Å². The van der Waals surface area contributed by atoms with Crippen LogP contribution in [0.5, 0.6) is 11.5 Å². The number of benzene rings is 2. The van der Waals surface area contributed by atoms with Gasteiger partial charge in [-0.05, 0) is 43.2 Å². The van der Waals surface area contributed by atoms with Crippen LogP contribution in [0, 0.1) is 0 Å². The number of amides is 1. The third-order valence-corrected chi connectivity index (χ3v) is 5.20. The van der Waals surface area contributed by atoms with Crippen LogP contribution >= 0.6 is 0 Å². The van der Waals surface area contributed by atoms with E-state index in [9.17, 15) is 4.79 Å². The number of nitrogens with zero attached hydrogens (tertiary/aromatic N) is 3. The normalized spacial score (nSPS) is 16.0. The van der Waals surface area contributed by atoms with Crippen LogP contribution in [0.3, 0.4) is 0 Å². The van der Waals surface area contributed by atoms with E-state index in [2.05, 4.69) is 17.1 Å². The zero-order valence-corrected chi connectivity index (χ0v) is 17.9. The Kier molecular flexibility index (Phi) is 6.50. The molecular weight excluding hydrogens is 394 g/mol. The van der Waals surface area contributed by atoms with E-state index in [1.54, 1.807) is 0 Å². The summed E-state index contributed by atoms with van der Waals surface area (Å²) < 4.78 is 16.8. The number of likely N-dealkylation sites (tertiary alicyclic amines) is 1. The molecule has 2 heterocycles. The highest BCUT2D eigenvalue weighted by Gasteiger charge is 2.34. The number of carbonyl (C=O) groups excluding carboxylic acids is 1. The number of ether oxygens (including phenoxy) is 2. The Morgan fingerprint density at radius 1 is 1.10 bits per heavy atom. The van der Waals surface area contributed by atoms with Gasteiger partial charge in [-0.15, -0.1) is 0 Å². The SMILES string of the molecule is CCCOc1ccc(CN2CC(c3nc(-c4ccccc4OCC)no3)CC2=O)cc1. The van der Waals surface area contributed by atoms with Crippen LogP contribution in [0.4, 0.5) is 0 Å². The average molecular weight is 421 g/mol. The fourth-order valence-corrected chi connectivity index (χ4v) is 3.66. The Morgan fingerprint density at radius 2 is 1.90 bits per heavy atom. The third kappa shape index (κ3) is 4.87. The molecule has 0 aliphatic carbocycles. The second kappa shape index (κ2) is 9.64. The summed E-state index contributed by atoms with van der Waals surface area (Å²) in [5.74, 6) is 2.51. The van der Waals surface area contributed by atoms with Crippen molar-refractivity contribution < 1.29 is 18.8 Å². The molecule has 0 N–H and O–H groups in total. The Labute approximate surface area is 182 Å². The van der Waals surface area contributed by atoms with E-state index in [1.165, 1.54) is 0 Å². The van der Waals surface area contributed by atoms with Gasteiger partial charge in [-0.2, -0.15) is 4.98 Å². The van der Waals surface area contributed by atoms with Gasteiger partial charge in [-0.25, -0.2) is 0 Å². The lowest BCUT2D eigenvalue weighted by Crippen LogP contribution is -2.24. The first-order valence-corrected chi connectivity index (χ1v) is 10.7. The number of hydrogen-bond donors (Lipinski definition) is 0. The molecule has 0 bridgehead atoms. The van der Waals surface area contributed by atoms with Crippen molar-refractivity contribution >= 4 is 5.91 Å². The summed E-state index contributed by atoms with van der Waals surface area (Å²) in [4.78, 5) is 19.0. The first kappa shape index (κ1) is 20.9. The fraction of sp³-hybridized carbons (Fsp3) is 0.375. The number of rotatable bonds is 9. The predicted molar refractivity (Wildman–Crippen MR) is 116 cm³/mol. The van der Waals surface area contributed by atoms with Gasteiger partial charge in [0.25, 0.3) is 0 Å². The summed E-state index contributed by atoms with van der Waals surface area (Å²) in [6.45, 7) is 6.38. The van der Waals surface area contributed by atoms with E-state index in [-0.39, 0.29) is 11.8 Å². The molecule has 1 saturated heterocycles. The number of para-hydroxylation sites is 1. The molecule has 31 heavy (non-hydrogen) atoms. The molecule has 0 radical (unpaired) electrons. The van der Waals surface area contributed by atoms with Crippen LogP contribution in [0.25, 0.3) is 11.4 Å². The standard InChI is InChI=1S/C24H27N3O4/c1-3-13-30-19-11-9-17(10-12-19)15-27-16-18(14-22(27)28)24-25-23(26-31-24)20-7-5-6-8-21(20)29-4-2/h5-12,18H,3-4,13-16H2,1-2H3. The van der Waals surface area contributed by atoms with Gasteiger partial charge in [-0.3, -0.25) is 4.79 Å². The first-order chi connectivity index (χ1) is 15.2. The largest absolute Gasteiger partial charge is 0.494 e. The number of hydrogen-bond acceptors (Lipinski definition) is 6. The van der Waals surface area contributed by atoms with Crippen LogP contribution in [-0.4, -0.2) is 40.7 Å². The quantitative estimate of drug-likeness (QED) is 0.508. The maximum atomic E-state index is 12.6. The van der Waals surface area contributed by atoms with Gasteiger partial charge in [0, 0.05) is 19.5 Å². The molecule has 1 fully saturated rings. The molecule has 1 aliphatic heterocycles. The van der Waals surface area contributed by atoms with Gasteiger partial charge >= 0.3 is 0 Å². The first-order valence-electron chi connectivity index (χ1n) is 10.7. The highest BCUT2D eigenvalue weighted by molar-refractivity contribution is 5.79. The van der Waals surface area contributed by atoms with E-state index in [1.807, 2.05) is 60.4 Å². The van der Waals surface area contributed by atoms with E-state index in [0.29, 0.717) is 50.2 Å². The van der Waals surface area contributed by atoms with Crippen LogP contribution in [0.1, 0.15) is 44.1 Å². The molecule has 1 aromatic heterocycles. The minimum Gasteiger partial charge on any atom is -0.494 e. The minimum absolute atomic E-state index is 0.0887. The van der Waals surface area contributed by atoms with Crippen molar-refractivity contribution in [3.05, 3.63) is 60.0 Å². The van der Waals surface area contributed by atoms with Gasteiger partial charge < -0.3 is 18.9 Å². The Hall–Kier alpha value is -3.35. The molecule has 162 valence electrons. The van der Waals surface area contributed by atoms with E-state index < -0.39 is 0 Å². The van der Waals surface area contributed by atoms with Gasteiger partial charge in [-0.1, -0.05) is 36.3 Å². The smallest absolute Gasteiger partial charge is 0.232 e. The number of carbonyl (C=O) groups is 1. The predicted octanol–water partition coefficient (Wildman–Crippen LogP) is 4.44. The zero-order chi connectivity index (χ0) is 21.6. The van der Waals surface area contributed by atoms with Crippen molar-refractivity contribution in [1.82, 2.24) is 15.0 Å². The van der Waals surface area contributed by atoms with Gasteiger partial charge in [0.05, 0.1) is 24.7 Å². The lowest BCUT2D eigenvalue weighted by atomic mass is 10.1. The molecule has 1 unspecified atom stereocenters. The van der Waals surface area contributed by atoms with Crippen LogP contribution < -0.4 is 9.47 Å². The van der Waals surface area contributed by atoms with Gasteiger partial charge in [0.2, 0.25) is 17.6 Å². The lowest BCUT2D eigenvalue weighted by molar-refractivity contribution is -0.128. The summed E-state index contributed by atoms with van der Waals surface area (Å²) in [5.41, 5.74) is 1.85. The molecule has 7 heteroatoms. The molecule has 1 amide bonds. The summed E-state index contributed by atoms with van der Waals surface area (Å²) in [6, 6.07) is 15.5. The van der Waals surface area contributed by atoms with Crippen LogP contribution in [-0.2, 0) is 11.3 Å². The minimum atomic E-state index is -0.111. The fourth-order valence-electron chi connectivity index (χ4n) is 3.66. The van der Waals surface area contributed by atoms with E-state index >= 15 is 0 Å². The maximum Gasteiger partial charge on any atom is 0.232 e. The number of aromatic nitrogens is 2. The molecule has 3 aromatic rings. The highest BCUT2D eigenvalue weighted by Crippen LogP contribution is 2.32. The zero-order valence-electron chi connectivity index (χ0n) is 17.9. The molecule has 1 aliphatic rings. The second-order valence-electron chi connectivity index (χ2n) is 7.55. The highest BCUT2D eigenvalue weighted by atomic mass is 16.5. The lowest BCUT2D eigenvalue weighted by Gasteiger charge is -2.16. The molecular formula is C24H27N3O4. The summed E-state index contributed by atoms with van der Waals surface area (Å²) in [5, 5.41) is 4.13. The van der Waals surface area contributed by atoms with E-state index in [0.717, 1.165) is 23.3 Å². The Bertz CT molecular complexity index is 1020. The monoisotopic (exact) mass is 421 g/mol. The third-order valence-electron chi connectivity index (χ3n) is 5.20. The van der Waals surface area contributed by atoms with Crippen molar-refractivity contribution in [1.29, 1.82) is 0 Å². The molecule has 0 spiro atoms. The van der Waals surface area contributed by atoms with Crippen LogP contribution in [0.15, 0.2) is 53.1 Å². The Balaban J connectivity index is 1.42. The second-order valence-corrected chi connectivity index (χ2v) is 7.55. The van der Waals surface area contributed by atoms with Crippen molar-refractivity contribution in [3.8, 4) is 22.9 Å². The molecule has 1 atom stereocenters. The van der Waals surface area contributed by atoms with E-state index in [4.69, 9.17) is 14.0 Å². The summed E-state index contributed by atoms with van der Waals surface area (Å²) in [6.07, 6.45) is 1.34. The molecule has 0 saturated carbocycles. The van der Waals surface area contributed by atoms with Gasteiger partial charge in [0.1, 0.15) is 11.5 Å². The van der Waals surface area contributed by atoms with Gasteiger partial charge in [0.15, 0.2) is 0 Å². The van der Waals surface area contributed by atoms with Crippen LogP contribution in [0.2, 0.25) is 0 Å². The summed E-state index contributed by atoms with van der Waals surface area (Å²) >= 11 is 0.